The van der Waals surface area contributed by atoms with Gasteiger partial charge in [0.15, 0.2) is 0 Å². The van der Waals surface area contributed by atoms with Crippen LogP contribution < -0.4 is 5.32 Å². The Bertz CT molecular complexity index is 393. The van der Waals surface area contributed by atoms with Gasteiger partial charge in [-0.15, -0.1) is 0 Å². The molecule has 0 aromatic heterocycles. The molecule has 1 aromatic carbocycles. The smallest absolute Gasteiger partial charge is 0.0509 e. The first-order valence-corrected chi connectivity index (χ1v) is 7.73. The molecule has 104 valence electrons. The highest BCUT2D eigenvalue weighted by Crippen LogP contribution is 2.53. The normalized spacial score (nSPS) is 26.9. The second-order valence-corrected chi connectivity index (χ2v) is 6.03. The van der Waals surface area contributed by atoms with E-state index < -0.39 is 0 Å². The van der Waals surface area contributed by atoms with Gasteiger partial charge in [0.05, 0.1) is 6.61 Å². The highest BCUT2D eigenvalue weighted by molar-refractivity contribution is 5.34. The van der Waals surface area contributed by atoms with Gasteiger partial charge < -0.3 is 10.1 Å². The Kier molecular flexibility index (Phi) is 3.90. The maximum absolute atomic E-state index is 5.73. The van der Waals surface area contributed by atoms with Crippen LogP contribution in [0.25, 0.3) is 0 Å². The fraction of sp³-hybridized carbons (Fsp3) is 0.647. The number of hydrogen-bond acceptors (Lipinski definition) is 2. The minimum absolute atomic E-state index is 0.378. The molecule has 2 aliphatic rings. The zero-order valence-electron chi connectivity index (χ0n) is 11.9. The van der Waals surface area contributed by atoms with E-state index in [1.165, 1.54) is 31.2 Å². The Labute approximate surface area is 116 Å². The zero-order valence-corrected chi connectivity index (χ0v) is 11.9. The average molecular weight is 259 g/mol. The van der Waals surface area contributed by atoms with Crippen molar-refractivity contribution in [3.63, 3.8) is 0 Å². The first-order chi connectivity index (χ1) is 9.37. The van der Waals surface area contributed by atoms with Crippen LogP contribution in [0.4, 0.5) is 0 Å². The summed E-state index contributed by atoms with van der Waals surface area (Å²) in [4.78, 5) is 0. The summed E-state index contributed by atoms with van der Waals surface area (Å²) < 4.78 is 5.73. The molecule has 1 aliphatic carbocycles. The van der Waals surface area contributed by atoms with Crippen molar-refractivity contribution in [1.29, 1.82) is 0 Å². The van der Waals surface area contributed by atoms with E-state index in [4.69, 9.17) is 4.74 Å². The standard InChI is InChI=1S/C17H25NO/c1-2-18-16(14-7-6-12-19-13-14)17(10-11-17)15-8-4-3-5-9-15/h3-5,8-9,14,16,18H,2,6-7,10-13H2,1H3. The van der Waals surface area contributed by atoms with Crippen LogP contribution in [-0.2, 0) is 10.2 Å². The quantitative estimate of drug-likeness (QED) is 0.877. The highest BCUT2D eigenvalue weighted by atomic mass is 16.5. The summed E-state index contributed by atoms with van der Waals surface area (Å²) >= 11 is 0. The lowest BCUT2D eigenvalue weighted by atomic mass is 9.78. The molecule has 0 spiro atoms. The van der Waals surface area contributed by atoms with Gasteiger partial charge >= 0.3 is 0 Å². The van der Waals surface area contributed by atoms with Gasteiger partial charge in [0.25, 0.3) is 0 Å². The topological polar surface area (TPSA) is 21.3 Å². The second kappa shape index (κ2) is 5.64. The third-order valence-electron chi connectivity index (χ3n) is 4.82. The lowest BCUT2D eigenvalue weighted by Gasteiger charge is -2.37. The molecule has 3 rings (SSSR count). The summed E-state index contributed by atoms with van der Waals surface area (Å²) in [6.07, 6.45) is 5.18. The van der Waals surface area contributed by atoms with Crippen molar-refractivity contribution in [3.05, 3.63) is 35.9 Å². The number of ether oxygens (including phenoxy) is 1. The van der Waals surface area contributed by atoms with E-state index in [1.54, 1.807) is 0 Å². The third kappa shape index (κ3) is 2.56. The monoisotopic (exact) mass is 259 g/mol. The summed E-state index contributed by atoms with van der Waals surface area (Å²) in [5, 5.41) is 3.77. The first kappa shape index (κ1) is 13.1. The zero-order chi connectivity index (χ0) is 13.1. The van der Waals surface area contributed by atoms with Crippen LogP contribution in [0.2, 0.25) is 0 Å². The molecular formula is C17H25NO. The molecule has 2 unspecified atom stereocenters. The largest absolute Gasteiger partial charge is 0.381 e. The molecule has 19 heavy (non-hydrogen) atoms. The van der Waals surface area contributed by atoms with Gasteiger partial charge in [0.1, 0.15) is 0 Å². The summed E-state index contributed by atoms with van der Waals surface area (Å²) in [6, 6.07) is 11.7. The van der Waals surface area contributed by atoms with Crippen molar-refractivity contribution < 1.29 is 4.74 Å². The number of hydrogen-bond donors (Lipinski definition) is 1. The lowest BCUT2D eigenvalue weighted by Crippen LogP contribution is -2.48. The SMILES string of the molecule is CCNC(C1CCCOC1)C1(c2ccccc2)CC1. The minimum atomic E-state index is 0.378. The Hall–Kier alpha value is -0.860. The van der Waals surface area contributed by atoms with Crippen molar-refractivity contribution in [3.8, 4) is 0 Å². The molecule has 1 aliphatic heterocycles. The van der Waals surface area contributed by atoms with Gasteiger partial charge in [-0.25, -0.2) is 0 Å². The number of nitrogens with one attached hydrogen (secondary N) is 1. The van der Waals surface area contributed by atoms with Crippen molar-refractivity contribution in [2.75, 3.05) is 19.8 Å². The minimum Gasteiger partial charge on any atom is -0.381 e. The van der Waals surface area contributed by atoms with Gasteiger partial charge in [-0.05, 0) is 43.7 Å². The van der Waals surface area contributed by atoms with Gasteiger partial charge in [-0.2, -0.15) is 0 Å². The number of likely N-dealkylation sites (N-methyl/N-ethyl adjacent to an activating group) is 1. The van der Waals surface area contributed by atoms with E-state index in [0.717, 1.165) is 19.8 Å². The van der Waals surface area contributed by atoms with Crippen LogP contribution >= 0.6 is 0 Å². The first-order valence-electron chi connectivity index (χ1n) is 7.73. The van der Waals surface area contributed by atoms with E-state index in [2.05, 4.69) is 42.6 Å². The van der Waals surface area contributed by atoms with E-state index >= 15 is 0 Å². The number of benzene rings is 1. The van der Waals surface area contributed by atoms with Gasteiger partial charge in [-0.3, -0.25) is 0 Å². The fourth-order valence-corrected chi connectivity index (χ4v) is 3.75. The molecule has 1 heterocycles. The molecule has 2 fully saturated rings. The van der Waals surface area contributed by atoms with Crippen molar-refractivity contribution >= 4 is 0 Å². The van der Waals surface area contributed by atoms with E-state index in [0.29, 0.717) is 17.4 Å². The molecule has 2 heteroatoms. The molecule has 0 radical (unpaired) electrons. The van der Waals surface area contributed by atoms with Crippen molar-refractivity contribution in [2.24, 2.45) is 5.92 Å². The molecule has 1 saturated heterocycles. The second-order valence-electron chi connectivity index (χ2n) is 6.03. The summed E-state index contributed by atoms with van der Waals surface area (Å²) in [6.45, 7) is 5.16. The van der Waals surface area contributed by atoms with Crippen LogP contribution in [0.1, 0.15) is 38.2 Å². The molecule has 1 aromatic rings. The Morgan fingerprint density at radius 1 is 1.32 bits per heavy atom. The summed E-state index contributed by atoms with van der Waals surface area (Å²) in [5.41, 5.74) is 1.90. The molecule has 0 bridgehead atoms. The predicted molar refractivity (Wildman–Crippen MR) is 78.4 cm³/mol. The van der Waals surface area contributed by atoms with Gasteiger partial charge in [0.2, 0.25) is 0 Å². The van der Waals surface area contributed by atoms with Gasteiger partial charge in [0, 0.05) is 18.1 Å². The molecular weight excluding hydrogens is 234 g/mol. The number of rotatable bonds is 5. The molecule has 2 atom stereocenters. The maximum atomic E-state index is 5.73. The lowest BCUT2D eigenvalue weighted by molar-refractivity contribution is 0.0329. The van der Waals surface area contributed by atoms with Crippen LogP contribution in [0.3, 0.4) is 0 Å². The molecule has 0 amide bonds. The molecule has 1 saturated carbocycles. The Morgan fingerprint density at radius 3 is 2.68 bits per heavy atom. The van der Waals surface area contributed by atoms with Crippen LogP contribution in [0.5, 0.6) is 0 Å². The molecule has 1 N–H and O–H groups in total. The van der Waals surface area contributed by atoms with Gasteiger partial charge in [-0.1, -0.05) is 37.3 Å². The molecule has 2 nitrogen and oxygen atoms in total. The summed E-state index contributed by atoms with van der Waals surface area (Å²) in [5.74, 6) is 0.677. The summed E-state index contributed by atoms with van der Waals surface area (Å²) in [7, 11) is 0. The Balaban J connectivity index is 1.83. The van der Waals surface area contributed by atoms with Crippen LogP contribution in [0.15, 0.2) is 30.3 Å². The highest BCUT2D eigenvalue weighted by Gasteiger charge is 2.52. The van der Waals surface area contributed by atoms with E-state index in [-0.39, 0.29) is 0 Å². The van der Waals surface area contributed by atoms with Crippen molar-refractivity contribution in [2.45, 2.75) is 44.1 Å². The fourth-order valence-electron chi connectivity index (χ4n) is 3.75. The predicted octanol–water partition coefficient (Wildman–Crippen LogP) is 3.12. The van der Waals surface area contributed by atoms with E-state index in [9.17, 15) is 0 Å². The third-order valence-corrected chi connectivity index (χ3v) is 4.82. The van der Waals surface area contributed by atoms with Crippen molar-refractivity contribution in [1.82, 2.24) is 5.32 Å². The maximum Gasteiger partial charge on any atom is 0.0509 e. The average Bonchev–Trinajstić information content (AvgIpc) is 3.28. The van der Waals surface area contributed by atoms with Crippen LogP contribution in [-0.4, -0.2) is 25.8 Å². The van der Waals surface area contributed by atoms with Crippen LogP contribution in [0, 0.1) is 5.92 Å². The Morgan fingerprint density at radius 2 is 2.11 bits per heavy atom. The van der Waals surface area contributed by atoms with E-state index in [1.807, 2.05) is 0 Å².